The van der Waals surface area contributed by atoms with Crippen molar-refractivity contribution in [2.45, 2.75) is 37.8 Å². The molecule has 2 heterocycles. The number of methoxy groups -OCH3 is 1. The van der Waals surface area contributed by atoms with Gasteiger partial charge in [0.1, 0.15) is 22.9 Å². The Morgan fingerprint density at radius 3 is 3.09 bits per heavy atom. The molecular weight excluding hydrogens is 318 g/mol. The molecule has 8 heteroatoms. The predicted molar refractivity (Wildman–Crippen MR) is 84.7 cm³/mol. The van der Waals surface area contributed by atoms with Gasteiger partial charge in [0.2, 0.25) is 0 Å². The number of rotatable bonds is 5. The van der Waals surface area contributed by atoms with Gasteiger partial charge in [-0.05, 0) is 25.2 Å². The van der Waals surface area contributed by atoms with Crippen LogP contribution in [-0.2, 0) is 9.53 Å². The molecule has 2 aromatic rings. The Balaban J connectivity index is 1.75. The number of carbonyl (C=O) groups is 2. The summed E-state index contributed by atoms with van der Waals surface area (Å²) in [6.07, 6.45) is 6.56. The molecule has 1 amide bonds. The summed E-state index contributed by atoms with van der Waals surface area (Å²) < 4.78 is 7.02. The van der Waals surface area contributed by atoms with Crippen molar-refractivity contribution in [2.75, 3.05) is 7.11 Å². The molecule has 3 atom stereocenters. The fraction of sp³-hybridized carbons (Fsp3) is 0.533. The average Bonchev–Trinajstić information content (AvgIpc) is 3.15. The van der Waals surface area contributed by atoms with Crippen molar-refractivity contribution >= 4 is 28.0 Å². The summed E-state index contributed by atoms with van der Waals surface area (Å²) in [5.41, 5.74) is 0.410. The van der Waals surface area contributed by atoms with Crippen molar-refractivity contribution in [1.29, 1.82) is 0 Å². The van der Waals surface area contributed by atoms with Gasteiger partial charge in [-0.3, -0.25) is 9.20 Å². The topological polar surface area (TPSA) is 92.9 Å². The van der Waals surface area contributed by atoms with Crippen molar-refractivity contribution in [3.8, 4) is 0 Å². The first-order valence-electron chi connectivity index (χ1n) is 7.56. The maximum Gasteiger partial charge on any atom is 0.326 e. The van der Waals surface area contributed by atoms with Crippen LogP contribution in [0.3, 0.4) is 0 Å². The number of hydrogen-bond donors (Lipinski definition) is 2. The van der Waals surface area contributed by atoms with E-state index in [4.69, 9.17) is 4.74 Å². The third kappa shape index (κ3) is 3.23. The maximum atomic E-state index is 12.5. The van der Waals surface area contributed by atoms with E-state index in [1.807, 2.05) is 0 Å². The molecule has 0 saturated heterocycles. The third-order valence-corrected chi connectivity index (χ3v) is 5.30. The number of ether oxygens (including phenoxy) is 1. The molecule has 3 rings (SSSR count). The Labute approximate surface area is 137 Å². The summed E-state index contributed by atoms with van der Waals surface area (Å²) in [5, 5.41) is 13.9. The summed E-state index contributed by atoms with van der Waals surface area (Å²) in [7, 11) is 1.64. The molecule has 124 valence electrons. The van der Waals surface area contributed by atoms with E-state index in [9.17, 15) is 14.7 Å². The highest BCUT2D eigenvalue weighted by atomic mass is 32.1. The normalized spacial score (nSPS) is 22.8. The van der Waals surface area contributed by atoms with Crippen molar-refractivity contribution in [3.05, 3.63) is 23.6 Å². The molecule has 1 saturated carbocycles. The van der Waals surface area contributed by atoms with Gasteiger partial charge in [-0.15, -0.1) is 11.3 Å². The van der Waals surface area contributed by atoms with Gasteiger partial charge >= 0.3 is 5.97 Å². The number of amides is 1. The second-order valence-corrected chi connectivity index (χ2v) is 6.69. The monoisotopic (exact) mass is 337 g/mol. The van der Waals surface area contributed by atoms with E-state index in [1.54, 1.807) is 29.4 Å². The molecular formula is C15H19N3O4S. The molecule has 3 unspecified atom stereocenters. The molecule has 2 aromatic heterocycles. The molecule has 0 aromatic carbocycles. The summed E-state index contributed by atoms with van der Waals surface area (Å²) >= 11 is 1.40. The molecule has 2 N–H and O–H groups in total. The Kier molecular flexibility index (Phi) is 4.63. The van der Waals surface area contributed by atoms with Crippen LogP contribution in [0.15, 0.2) is 17.9 Å². The van der Waals surface area contributed by atoms with Crippen molar-refractivity contribution in [2.24, 2.45) is 5.92 Å². The van der Waals surface area contributed by atoms with Crippen LogP contribution in [-0.4, -0.2) is 45.6 Å². The zero-order valence-corrected chi connectivity index (χ0v) is 13.6. The number of aromatic nitrogens is 2. The molecule has 0 bridgehead atoms. The van der Waals surface area contributed by atoms with Gasteiger partial charge in [0.15, 0.2) is 0 Å². The van der Waals surface area contributed by atoms with Gasteiger partial charge in [0.25, 0.3) is 5.91 Å². The minimum Gasteiger partial charge on any atom is -0.480 e. The number of fused-ring (bicyclic) bond motifs is 1. The summed E-state index contributed by atoms with van der Waals surface area (Å²) in [6, 6.07) is -0.904. The van der Waals surface area contributed by atoms with Crippen LogP contribution in [0.4, 0.5) is 0 Å². The Hall–Kier alpha value is -1.93. The largest absolute Gasteiger partial charge is 0.480 e. The summed E-state index contributed by atoms with van der Waals surface area (Å²) in [4.78, 5) is 29.0. The first kappa shape index (κ1) is 15.9. The van der Waals surface area contributed by atoms with E-state index < -0.39 is 12.0 Å². The van der Waals surface area contributed by atoms with Crippen LogP contribution in [0.25, 0.3) is 4.83 Å². The van der Waals surface area contributed by atoms with Crippen LogP contribution in [0, 0.1) is 5.92 Å². The Morgan fingerprint density at radius 2 is 2.35 bits per heavy atom. The smallest absolute Gasteiger partial charge is 0.326 e. The summed E-state index contributed by atoms with van der Waals surface area (Å²) in [5.74, 6) is -1.51. The van der Waals surface area contributed by atoms with Gasteiger partial charge in [0.05, 0.1) is 12.3 Å². The molecule has 0 aliphatic heterocycles. The standard InChI is InChI=1S/C15H19N3O4S/c1-22-10-4-2-3-9(5-10)13(15(20)21)17-14(19)11-7-23-12-6-16-8-18(11)12/h6-10,13H,2-5H2,1H3,(H,17,19)(H,20,21). The van der Waals surface area contributed by atoms with Crippen LogP contribution in [0.2, 0.25) is 0 Å². The van der Waals surface area contributed by atoms with Crippen molar-refractivity contribution < 1.29 is 19.4 Å². The first-order chi connectivity index (χ1) is 11.1. The quantitative estimate of drug-likeness (QED) is 0.867. The molecule has 1 fully saturated rings. The highest BCUT2D eigenvalue weighted by Gasteiger charge is 2.34. The number of aliphatic carboxylic acids is 1. The summed E-state index contributed by atoms with van der Waals surface area (Å²) in [6.45, 7) is 0. The molecule has 0 radical (unpaired) electrons. The fourth-order valence-corrected chi connectivity index (χ4v) is 4.01. The average molecular weight is 337 g/mol. The minimum absolute atomic E-state index is 0.0639. The van der Waals surface area contributed by atoms with Gasteiger partial charge in [0, 0.05) is 12.5 Å². The van der Waals surface area contributed by atoms with Crippen molar-refractivity contribution in [3.63, 3.8) is 0 Å². The van der Waals surface area contributed by atoms with E-state index >= 15 is 0 Å². The van der Waals surface area contributed by atoms with Gasteiger partial charge in [-0.1, -0.05) is 6.42 Å². The lowest BCUT2D eigenvalue weighted by atomic mass is 9.82. The molecule has 0 spiro atoms. The molecule has 23 heavy (non-hydrogen) atoms. The van der Waals surface area contributed by atoms with Gasteiger partial charge < -0.3 is 15.2 Å². The van der Waals surface area contributed by atoms with Gasteiger partial charge in [-0.25, -0.2) is 9.78 Å². The van der Waals surface area contributed by atoms with Crippen molar-refractivity contribution in [1.82, 2.24) is 14.7 Å². The predicted octanol–water partition coefficient (Wildman–Crippen LogP) is 1.78. The number of thiazole rings is 1. The number of carboxylic acid groups (broad SMARTS) is 1. The maximum absolute atomic E-state index is 12.5. The van der Waals surface area contributed by atoms with Crippen LogP contribution < -0.4 is 5.32 Å². The number of nitrogens with one attached hydrogen (secondary N) is 1. The zero-order chi connectivity index (χ0) is 16.4. The SMILES string of the molecule is COC1CCCC(C(NC(=O)c2csc3cncn23)C(=O)O)C1. The number of nitrogens with zero attached hydrogens (tertiary/aromatic N) is 2. The van der Waals surface area contributed by atoms with Crippen LogP contribution in [0.5, 0.6) is 0 Å². The van der Waals surface area contributed by atoms with E-state index in [0.717, 1.165) is 24.1 Å². The zero-order valence-electron chi connectivity index (χ0n) is 12.8. The molecule has 7 nitrogen and oxygen atoms in total. The van der Waals surface area contributed by atoms with E-state index in [-0.39, 0.29) is 17.9 Å². The second kappa shape index (κ2) is 6.67. The second-order valence-electron chi connectivity index (χ2n) is 5.80. The molecule has 1 aliphatic rings. The highest BCUT2D eigenvalue weighted by molar-refractivity contribution is 7.15. The minimum atomic E-state index is -1.00. The molecule has 1 aliphatic carbocycles. The van der Waals surface area contributed by atoms with E-state index in [0.29, 0.717) is 12.1 Å². The number of carboxylic acids is 1. The number of hydrogen-bond acceptors (Lipinski definition) is 5. The third-order valence-electron chi connectivity index (χ3n) is 4.41. The Morgan fingerprint density at radius 1 is 1.52 bits per heavy atom. The number of carbonyl (C=O) groups excluding carboxylic acids is 1. The lowest BCUT2D eigenvalue weighted by Crippen LogP contribution is -2.48. The first-order valence-corrected chi connectivity index (χ1v) is 8.44. The lowest BCUT2D eigenvalue weighted by molar-refractivity contribution is -0.141. The van der Waals surface area contributed by atoms with Crippen LogP contribution >= 0.6 is 11.3 Å². The van der Waals surface area contributed by atoms with Crippen LogP contribution in [0.1, 0.15) is 36.2 Å². The fourth-order valence-electron chi connectivity index (χ4n) is 3.18. The van der Waals surface area contributed by atoms with Gasteiger partial charge in [-0.2, -0.15) is 0 Å². The lowest BCUT2D eigenvalue weighted by Gasteiger charge is -2.32. The highest BCUT2D eigenvalue weighted by Crippen LogP contribution is 2.29. The Bertz CT molecular complexity index is 710. The number of imidazole rings is 1. The van der Waals surface area contributed by atoms with E-state index in [1.165, 1.54) is 11.3 Å². The van der Waals surface area contributed by atoms with E-state index in [2.05, 4.69) is 10.3 Å².